The average Bonchev–Trinajstić information content (AvgIpc) is 2.96. The molecule has 0 N–H and O–H groups in total. The molecule has 0 bridgehead atoms. The predicted molar refractivity (Wildman–Crippen MR) is 111 cm³/mol. The van der Waals surface area contributed by atoms with Crippen molar-refractivity contribution in [3.8, 4) is 0 Å². The Morgan fingerprint density at radius 2 is 2.00 bits per heavy atom. The molecule has 25 heavy (non-hydrogen) atoms. The molecule has 3 atom stereocenters. The highest BCUT2D eigenvalue weighted by atomic mass is 32.2. The van der Waals surface area contributed by atoms with Gasteiger partial charge in [-0.05, 0) is 67.3 Å². The van der Waals surface area contributed by atoms with Crippen LogP contribution in [0.4, 0.5) is 0 Å². The lowest BCUT2D eigenvalue weighted by molar-refractivity contribution is 0.0926. The van der Waals surface area contributed by atoms with Crippen molar-refractivity contribution >= 4 is 22.7 Å². The Kier molecular flexibility index (Phi) is 5.15. The SMILES string of the molecule is CCCN1C[C@H](CSC)CC2c3cccc4c3c(cn4CCC)C[C@H]21. The third-order valence-electron chi connectivity index (χ3n) is 6.24. The molecule has 1 unspecified atom stereocenters. The van der Waals surface area contributed by atoms with Gasteiger partial charge in [0.2, 0.25) is 0 Å². The molecular weight excluding hydrogens is 324 g/mol. The van der Waals surface area contributed by atoms with E-state index >= 15 is 0 Å². The zero-order valence-electron chi connectivity index (χ0n) is 16.0. The zero-order chi connectivity index (χ0) is 17.4. The number of hydrogen-bond donors (Lipinski definition) is 0. The summed E-state index contributed by atoms with van der Waals surface area (Å²) < 4.78 is 2.51. The number of aromatic nitrogens is 1. The Bertz CT molecular complexity index is 735. The van der Waals surface area contributed by atoms with Crippen LogP contribution in [-0.4, -0.2) is 40.6 Å². The van der Waals surface area contributed by atoms with E-state index in [9.17, 15) is 0 Å². The largest absolute Gasteiger partial charge is 0.347 e. The van der Waals surface area contributed by atoms with E-state index in [0.29, 0.717) is 6.04 Å². The van der Waals surface area contributed by atoms with Crippen molar-refractivity contribution in [1.29, 1.82) is 0 Å². The van der Waals surface area contributed by atoms with Crippen LogP contribution >= 0.6 is 11.8 Å². The molecule has 3 heteroatoms. The number of fused-ring (bicyclic) bond motifs is 2. The Morgan fingerprint density at radius 3 is 2.76 bits per heavy atom. The van der Waals surface area contributed by atoms with E-state index in [1.807, 2.05) is 11.8 Å². The maximum Gasteiger partial charge on any atom is 0.0486 e. The van der Waals surface area contributed by atoms with Gasteiger partial charge in [-0.25, -0.2) is 0 Å². The zero-order valence-corrected chi connectivity index (χ0v) is 16.8. The molecule has 1 aliphatic heterocycles. The van der Waals surface area contributed by atoms with Gasteiger partial charge in [-0.15, -0.1) is 0 Å². The van der Waals surface area contributed by atoms with E-state index in [1.165, 1.54) is 50.0 Å². The van der Waals surface area contributed by atoms with E-state index in [0.717, 1.165) is 18.4 Å². The molecule has 1 aromatic carbocycles. The van der Waals surface area contributed by atoms with Crippen molar-refractivity contribution in [3.05, 3.63) is 35.5 Å². The van der Waals surface area contributed by atoms with Crippen molar-refractivity contribution in [1.82, 2.24) is 9.47 Å². The van der Waals surface area contributed by atoms with Crippen LogP contribution in [0, 0.1) is 5.92 Å². The normalized spacial score (nSPS) is 26.1. The molecule has 136 valence electrons. The highest BCUT2D eigenvalue weighted by molar-refractivity contribution is 7.98. The van der Waals surface area contributed by atoms with Crippen LogP contribution < -0.4 is 0 Å². The van der Waals surface area contributed by atoms with Gasteiger partial charge in [-0.3, -0.25) is 4.90 Å². The quantitative estimate of drug-likeness (QED) is 0.707. The Morgan fingerprint density at radius 1 is 1.16 bits per heavy atom. The van der Waals surface area contributed by atoms with E-state index in [-0.39, 0.29) is 0 Å². The monoisotopic (exact) mass is 356 g/mol. The summed E-state index contributed by atoms with van der Waals surface area (Å²) in [6.45, 7) is 8.32. The molecule has 2 aliphatic rings. The van der Waals surface area contributed by atoms with Crippen molar-refractivity contribution in [3.63, 3.8) is 0 Å². The molecule has 4 rings (SSSR count). The van der Waals surface area contributed by atoms with Gasteiger partial charge in [-0.1, -0.05) is 26.0 Å². The number of hydrogen-bond acceptors (Lipinski definition) is 2. The number of rotatable bonds is 6. The number of likely N-dealkylation sites (tertiary alicyclic amines) is 1. The van der Waals surface area contributed by atoms with Crippen LogP contribution in [0.25, 0.3) is 10.9 Å². The van der Waals surface area contributed by atoms with Gasteiger partial charge < -0.3 is 4.57 Å². The maximum absolute atomic E-state index is 2.83. The lowest BCUT2D eigenvalue weighted by Crippen LogP contribution is -2.50. The number of benzene rings is 1. The lowest BCUT2D eigenvalue weighted by atomic mass is 9.72. The Labute approximate surface area is 157 Å². The van der Waals surface area contributed by atoms with Crippen LogP contribution in [0.2, 0.25) is 0 Å². The van der Waals surface area contributed by atoms with Gasteiger partial charge in [-0.2, -0.15) is 11.8 Å². The molecule has 0 radical (unpaired) electrons. The van der Waals surface area contributed by atoms with Crippen LogP contribution in [-0.2, 0) is 13.0 Å². The molecule has 1 saturated heterocycles. The molecule has 0 amide bonds. The Balaban J connectivity index is 1.77. The van der Waals surface area contributed by atoms with Crippen LogP contribution in [0.15, 0.2) is 24.4 Å². The second-order valence-corrected chi connectivity index (χ2v) is 8.93. The molecule has 1 aromatic heterocycles. The first-order chi connectivity index (χ1) is 12.3. The van der Waals surface area contributed by atoms with Crippen molar-refractivity contribution in [2.75, 3.05) is 25.1 Å². The summed E-state index contributed by atoms with van der Waals surface area (Å²) in [4.78, 5) is 2.83. The van der Waals surface area contributed by atoms with Gasteiger partial charge in [0.05, 0.1) is 0 Å². The molecule has 1 fully saturated rings. The average molecular weight is 357 g/mol. The summed E-state index contributed by atoms with van der Waals surface area (Å²) >= 11 is 2.03. The van der Waals surface area contributed by atoms with Crippen LogP contribution in [0.1, 0.15) is 50.2 Å². The highest BCUT2D eigenvalue weighted by Crippen LogP contribution is 2.45. The van der Waals surface area contributed by atoms with Gasteiger partial charge >= 0.3 is 0 Å². The first-order valence-electron chi connectivity index (χ1n) is 10.1. The lowest BCUT2D eigenvalue weighted by Gasteiger charge is -2.47. The van der Waals surface area contributed by atoms with Crippen molar-refractivity contribution in [2.24, 2.45) is 5.92 Å². The fraction of sp³-hybridized carbons (Fsp3) is 0.636. The molecule has 2 aromatic rings. The van der Waals surface area contributed by atoms with E-state index in [4.69, 9.17) is 0 Å². The molecule has 1 aliphatic carbocycles. The second kappa shape index (κ2) is 7.36. The summed E-state index contributed by atoms with van der Waals surface area (Å²) in [5.74, 6) is 2.88. The number of nitrogens with zero attached hydrogens (tertiary/aromatic N) is 2. The van der Waals surface area contributed by atoms with Crippen LogP contribution in [0.3, 0.4) is 0 Å². The summed E-state index contributed by atoms with van der Waals surface area (Å²) in [6, 6.07) is 7.79. The minimum Gasteiger partial charge on any atom is -0.347 e. The third kappa shape index (κ3) is 3.04. The highest BCUT2D eigenvalue weighted by Gasteiger charge is 2.40. The fourth-order valence-electron chi connectivity index (χ4n) is 5.40. The smallest absolute Gasteiger partial charge is 0.0486 e. The summed E-state index contributed by atoms with van der Waals surface area (Å²) in [6.07, 6.45) is 9.83. The van der Waals surface area contributed by atoms with E-state index in [1.54, 1.807) is 16.5 Å². The first kappa shape index (κ1) is 17.5. The minimum atomic E-state index is 0.716. The fourth-order valence-corrected chi connectivity index (χ4v) is 6.12. The van der Waals surface area contributed by atoms with E-state index < -0.39 is 0 Å². The van der Waals surface area contributed by atoms with Gasteiger partial charge in [0, 0.05) is 42.1 Å². The molecule has 0 saturated carbocycles. The molecular formula is C22H32N2S. The standard InChI is InChI=1S/C22H32N2S/c1-4-9-23-13-16(15-25-3)11-19-18-7-6-8-20-22(18)17(12-21(19)23)14-24(20)10-5-2/h6-8,14,16,19,21H,4-5,9-13,15H2,1-3H3/t16-,19?,21-/m1/s1. The van der Waals surface area contributed by atoms with Crippen LogP contribution in [0.5, 0.6) is 0 Å². The number of aryl methyl sites for hydroxylation is 1. The number of piperidine rings is 1. The molecule has 2 heterocycles. The maximum atomic E-state index is 2.83. The second-order valence-electron chi connectivity index (χ2n) is 8.02. The molecule has 2 nitrogen and oxygen atoms in total. The van der Waals surface area contributed by atoms with Crippen molar-refractivity contribution < 1.29 is 0 Å². The molecule has 0 spiro atoms. The summed E-state index contributed by atoms with van der Waals surface area (Å²) in [5.41, 5.74) is 4.72. The minimum absolute atomic E-state index is 0.716. The topological polar surface area (TPSA) is 8.17 Å². The third-order valence-corrected chi connectivity index (χ3v) is 7.04. The Hall–Kier alpha value is -0.930. The summed E-state index contributed by atoms with van der Waals surface area (Å²) in [5, 5.41) is 1.60. The van der Waals surface area contributed by atoms with E-state index in [2.05, 4.69) is 54.0 Å². The van der Waals surface area contributed by atoms with Gasteiger partial charge in [0.25, 0.3) is 0 Å². The summed E-state index contributed by atoms with van der Waals surface area (Å²) in [7, 11) is 0. The van der Waals surface area contributed by atoms with Crippen molar-refractivity contribution in [2.45, 2.75) is 58.0 Å². The number of thioether (sulfide) groups is 1. The predicted octanol–water partition coefficient (Wildman–Crippen LogP) is 5.15. The van der Waals surface area contributed by atoms with Gasteiger partial charge in [0.15, 0.2) is 0 Å². The first-order valence-corrected chi connectivity index (χ1v) is 11.5. The van der Waals surface area contributed by atoms with Gasteiger partial charge in [0.1, 0.15) is 0 Å².